The van der Waals surface area contributed by atoms with Crippen LogP contribution < -0.4 is 14.5 Å². The average molecular weight is 461 g/mol. The summed E-state index contributed by atoms with van der Waals surface area (Å²) in [4.78, 5) is 16.4. The summed E-state index contributed by atoms with van der Waals surface area (Å²) >= 11 is 0. The number of anilines is 2. The number of sulfonamides is 1. The predicted octanol–water partition coefficient (Wildman–Crippen LogP) is 1.36. The van der Waals surface area contributed by atoms with Crippen molar-refractivity contribution < 1.29 is 13.2 Å². The molecular weight excluding hydrogens is 428 g/mol. The number of aromatic nitrogens is 2. The molecule has 1 aromatic heterocycles. The fourth-order valence-corrected chi connectivity index (χ4v) is 5.72. The highest BCUT2D eigenvalue weighted by Crippen LogP contribution is 2.26. The average Bonchev–Trinajstić information content (AvgIpc) is 2.79. The maximum atomic E-state index is 13.2. The van der Waals surface area contributed by atoms with Crippen LogP contribution in [0.4, 0.5) is 11.6 Å². The largest absolute Gasteiger partial charge is 0.496 e. The van der Waals surface area contributed by atoms with Crippen LogP contribution in [0, 0.1) is 13.8 Å². The second kappa shape index (κ2) is 9.21. The van der Waals surface area contributed by atoms with Crippen LogP contribution in [-0.4, -0.2) is 94.1 Å². The summed E-state index contributed by atoms with van der Waals surface area (Å²) in [6.07, 6.45) is 0. The molecule has 0 N–H and O–H groups in total. The number of aryl methyl sites for hydroxylation is 2. The highest BCUT2D eigenvalue weighted by atomic mass is 32.2. The first-order valence-corrected chi connectivity index (χ1v) is 12.4. The lowest BCUT2D eigenvalue weighted by Crippen LogP contribution is -2.49. The van der Waals surface area contributed by atoms with Crippen molar-refractivity contribution in [1.29, 1.82) is 0 Å². The Morgan fingerprint density at radius 1 is 0.844 bits per heavy atom. The zero-order chi connectivity index (χ0) is 22.9. The van der Waals surface area contributed by atoms with Gasteiger partial charge in [-0.15, -0.1) is 0 Å². The first-order valence-electron chi connectivity index (χ1n) is 11.0. The SMILES string of the molecule is COc1ccc(S(=O)(=O)N2CCN(c3cc(N4CCN(C)CC4)nc(C)n3)CC2)cc1C. The van der Waals surface area contributed by atoms with E-state index in [1.165, 1.54) is 0 Å². The van der Waals surface area contributed by atoms with Gasteiger partial charge in [0.2, 0.25) is 10.0 Å². The summed E-state index contributed by atoms with van der Waals surface area (Å²) in [5, 5.41) is 0. The van der Waals surface area contributed by atoms with E-state index in [0.29, 0.717) is 36.8 Å². The summed E-state index contributed by atoms with van der Waals surface area (Å²) in [7, 11) is 0.168. The molecule has 0 bridgehead atoms. The molecule has 32 heavy (non-hydrogen) atoms. The van der Waals surface area contributed by atoms with Crippen molar-refractivity contribution in [3.63, 3.8) is 0 Å². The Morgan fingerprint density at radius 3 is 1.94 bits per heavy atom. The van der Waals surface area contributed by atoms with Gasteiger partial charge in [-0.25, -0.2) is 18.4 Å². The van der Waals surface area contributed by atoms with E-state index in [9.17, 15) is 8.42 Å². The zero-order valence-corrected chi connectivity index (χ0v) is 20.1. The van der Waals surface area contributed by atoms with Crippen LogP contribution in [0.3, 0.4) is 0 Å². The van der Waals surface area contributed by atoms with Crippen LogP contribution in [0.5, 0.6) is 5.75 Å². The van der Waals surface area contributed by atoms with E-state index in [1.807, 2.05) is 19.9 Å². The minimum Gasteiger partial charge on any atom is -0.496 e. The second-order valence-corrected chi connectivity index (χ2v) is 10.4. The second-order valence-electron chi connectivity index (χ2n) is 8.44. The standard InChI is InChI=1S/C22H32N6O3S/c1-17-15-19(5-6-20(17)31-4)32(29,30)28-13-11-27(12-14-28)22-16-21(23-18(2)24-22)26-9-7-25(3)8-10-26/h5-6,15-16H,7-14H2,1-4H3. The van der Waals surface area contributed by atoms with E-state index < -0.39 is 10.0 Å². The number of methoxy groups -OCH3 is 1. The van der Waals surface area contributed by atoms with Crippen LogP contribution in [0.25, 0.3) is 0 Å². The van der Waals surface area contributed by atoms with E-state index >= 15 is 0 Å². The molecule has 10 heteroatoms. The van der Waals surface area contributed by atoms with Crippen molar-refractivity contribution in [2.24, 2.45) is 0 Å². The molecule has 0 aliphatic carbocycles. The number of rotatable bonds is 5. The Hall–Kier alpha value is -2.43. The number of nitrogens with zero attached hydrogens (tertiary/aromatic N) is 6. The molecule has 2 aromatic rings. The van der Waals surface area contributed by atoms with Crippen molar-refractivity contribution in [2.75, 3.05) is 76.3 Å². The first kappa shape index (κ1) is 22.8. The Balaban J connectivity index is 1.46. The van der Waals surface area contributed by atoms with E-state index in [1.54, 1.807) is 29.6 Å². The maximum Gasteiger partial charge on any atom is 0.243 e. The smallest absolute Gasteiger partial charge is 0.243 e. The monoisotopic (exact) mass is 460 g/mol. The fourth-order valence-electron chi connectivity index (χ4n) is 4.21. The molecule has 2 fully saturated rings. The predicted molar refractivity (Wildman–Crippen MR) is 125 cm³/mol. The van der Waals surface area contributed by atoms with Gasteiger partial charge in [-0.05, 0) is 44.7 Å². The zero-order valence-electron chi connectivity index (χ0n) is 19.3. The minimum atomic E-state index is -3.55. The number of likely N-dealkylation sites (N-methyl/N-ethyl adjacent to an activating group) is 1. The van der Waals surface area contributed by atoms with Gasteiger partial charge >= 0.3 is 0 Å². The van der Waals surface area contributed by atoms with Crippen LogP contribution in [-0.2, 0) is 10.0 Å². The molecule has 0 unspecified atom stereocenters. The molecule has 0 radical (unpaired) electrons. The van der Waals surface area contributed by atoms with E-state index in [4.69, 9.17) is 4.74 Å². The van der Waals surface area contributed by atoms with Crippen molar-refractivity contribution in [3.05, 3.63) is 35.7 Å². The number of hydrogen-bond acceptors (Lipinski definition) is 8. The Bertz CT molecular complexity index is 1060. The molecular formula is C22H32N6O3S. The van der Waals surface area contributed by atoms with E-state index in [-0.39, 0.29) is 0 Å². The lowest BCUT2D eigenvalue weighted by Gasteiger charge is -2.36. The van der Waals surface area contributed by atoms with Gasteiger partial charge in [-0.2, -0.15) is 4.31 Å². The topological polar surface area (TPSA) is 82.1 Å². The van der Waals surface area contributed by atoms with Gasteiger partial charge in [0.25, 0.3) is 0 Å². The molecule has 3 heterocycles. The molecule has 174 valence electrons. The van der Waals surface area contributed by atoms with Gasteiger partial charge in [0.15, 0.2) is 0 Å². The van der Waals surface area contributed by atoms with E-state index in [0.717, 1.165) is 49.2 Å². The molecule has 4 rings (SSSR count). The van der Waals surface area contributed by atoms with Crippen LogP contribution in [0.15, 0.2) is 29.2 Å². The third-order valence-electron chi connectivity index (χ3n) is 6.20. The Morgan fingerprint density at radius 2 is 1.41 bits per heavy atom. The highest BCUT2D eigenvalue weighted by Gasteiger charge is 2.30. The molecule has 0 saturated carbocycles. The lowest BCUT2D eigenvalue weighted by molar-refractivity contribution is 0.312. The number of benzene rings is 1. The van der Waals surface area contributed by atoms with Gasteiger partial charge in [0, 0.05) is 58.4 Å². The summed E-state index contributed by atoms with van der Waals surface area (Å²) in [6, 6.07) is 7.04. The highest BCUT2D eigenvalue weighted by molar-refractivity contribution is 7.89. The summed E-state index contributed by atoms with van der Waals surface area (Å²) < 4.78 is 33.1. The van der Waals surface area contributed by atoms with Crippen molar-refractivity contribution in [1.82, 2.24) is 19.2 Å². The summed E-state index contributed by atoms with van der Waals surface area (Å²) in [5.41, 5.74) is 0.806. The molecule has 2 saturated heterocycles. The van der Waals surface area contributed by atoms with Gasteiger partial charge in [-0.3, -0.25) is 0 Å². The number of hydrogen-bond donors (Lipinski definition) is 0. The van der Waals surface area contributed by atoms with Crippen molar-refractivity contribution >= 4 is 21.7 Å². The van der Waals surface area contributed by atoms with Crippen molar-refractivity contribution in [3.8, 4) is 5.75 Å². The molecule has 0 atom stereocenters. The number of piperazine rings is 2. The molecule has 0 amide bonds. The molecule has 1 aromatic carbocycles. The summed E-state index contributed by atoms with van der Waals surface area (Å²) in [6.45, 7) is 9.69. The Kier molecular flexibility index (Phi) is 6.55. The normalized spacial score (nSPS) is 18.8. The first-order chi connectivity index (χ1) is 15.3. The van der Waals surface area contributed by atoms with Gasteiger partial charge in [-0.1, -0.05) is 0 Å². The van der Waals surface area contributed by atoms with Gasteiger partial charge in [0.1, 0.15) is 23.2 Å². The molecule has 2 aliphatic heterocycles. The van der Waals surface area contributed by atoms with E-state index in [2.05, 4.69) is 31.7 Å². The van der Waals surface area contributed by atoms with Gasteiger partial charge < -0.3 is 19.4 Å². The lowest BCUT2D eigenvalue weighted by atomic mass is 10.2. The third-order valence-corrected chi connectivity index (χ3v) is 8.10. The quantitative estimate of drug-likeness (QED) is 0.662. The molecule has 0 spiro atoms. The molecule has 2 aliphatic rings. The van der Waals surface area contributed by atoms with Crippen molar-refractivity contribution in [2.45, 2.75) is 18.7 Å². The van der Waals surface area contributed by atoms with Crippen LogP contribution in [0.1, 0.15) is 11.4 Å². The molecule has 9 nitrogen and oxygen atoms in total. The summed E-state index contributed by atoms with van der Waals surface area (Å²) in [5.74, 6) is 3.23. The Labute approximate surface area is 190 Å². The van der Waals surface area contributed by atoms with Gasteiger partial charge in [0.05, 0.1) is 12.0 Å². The third kappa shape index (κ3) is 4.67. The van der Waals surface area contributed by atoms with Crippen LogP contribution >= 0.6 is 0 Å². The fraction of sp³-hybridized carbons (Fsp3) is 0.545. The number of ether oxygens (including phenoxy) is 1. The maximum absolute atomic E-state index is 13.2. The minimum absolute atomic E-state index is 0.305. The van der Waals surface area contributed by atoms with Crippen LogP contribution in [0.2, 0.25) is 0 Å².